The molecule has 3 rings (SSSR count). The normalized spacial score (nSPS) is 18.6. The van der Waals surface area contributed by atoms with Gasteiger partial charge in [-0.05, 0) is 42.0 Å². The number of hydrogen-bond acceptors (Lipinski definition) is 4. The highest BCUT2D eigenvalue weighted by Crippen LogP contribution is 2.40. The Kier molecular flexibility index (Phi) is 2.50. The van der Waals surface area contributed by atoms with E-state index < -0.39 is 6.10 Å². The van der Waals surface area contributed by atoms with Crippen LogP contribution in [0.1, 0.15) is 27.9 Å². The molecule has 0 aliphatic heterocycles. The summed E-state index contributed by atoms with van der Waals surface area (Å²) in [5.74, 6) is -0.496. The number of phenolic OH excluding ortho intramolecular Hbond substituents is 2. The average Bonchev–Trinajstić information content (AvgIpc) is 2.25. The van der Waals surface area contributed by atoms with Crippen molar-refractivity contribution in [2.75, 3.05) is 0 Å². The third-order valence-corrected chi connectivity index (χ3v) is 3.57. The quantitative estimate of drug-likeness (QED) is 0.638. The molecule has 1 aliphatic rings. The second kappa shape index (κ2) is 3.96. The summed E-state index contributed by atoms with van der Waals surface area (Å²) >= 11 is 0. The third-order valence-electron chi connectivity index (χ3n) is 3.57. The van der Waals surface area contributed by atoms with E-state index in [0.29, 0.717) is 22.8 Å². The first kappa shape index (κ1) is 12.0. The van der Waals surface area contributed by atoms with Crippen molar-refractivity contribution >= 4 is 16.6 Å². The first-order valence-electron chi connectivity index (χ1n) is 6.17. The van der Waals surface area contributed by atoms with E-state index in [1.54, 1.807) is 12.1 Å². The first-order valence-corrected chi connectivity index (χ1v) is 6.17. The molecule has 19 heavy (non-hydrogen) atoms. The topological polar surface area (TPSA) is 77.8 Å². The van der Waals surface area contributed by atoms with E-state index in [4.69, 9.17) is 0 Å². The minimum Gasteiger partial charge on any atom is -0.507 e. The van der Waals surface area contributed by atoms with Crippen molar-refractivity contribution in [3.05, 3.63) is 34.9 Å². The van der Waals surface area contributed by atoms with Gasteiger partial charge in [0.25, 0.3) is 0 Å². The van der Waals surface area contributed by atoms with Crippen LogP contribution in [0.2, 0.25) is 0 Å². The van der Waals surface area contributed by atoms with Crippen molar-refractivity contribution in [3.8, 4) is 11.5 Å². The maximum atomic E-state index is 11.9. The number of aliphatic hydroxyl groups is 1. The third kappa shape index (κ3) is 1.76. The number of aliphatic hydroxyl groups excluding tert-OH is 1. The molecule has 0 fully saturated rings. The summed E-state index contributed by atoms with van der Waals surface area (Å²) in [6, 6.07) is 5.15. The van der Waals surface area contributed by atoms with Gasteiger partial charge >= 0.3 is 0 Å². The molecular formula is C15H14O4. The zero-order valence-electron chi connectivity index (χ0n) is 10.5. The van der Waals surface area contributed by atoms with Crippen LogP contribution < -0.4 is 0 Å². The lowest BCUT2D eigenvalue weighted by Crippen LogP contribution is -2.24. The number of phenols is 2. The Balaban J connectivity index is 2.40. The standard InChI is InChI=1S/C15H14O4/c1-7-2-8-4-9-5-10(16)6-12(18)14(9)15(19)13(8)11(17)3-7/h2-4,10,16-17,19H,5-6H2,1H3/i1+1,4+1,5+1,6+1,10+1,11+1,12+1,15+1. The van der Waals surface area contributed by atoms with Gasteiger partial charge < -0.3 is 15.3 Å². The summed E-state index contributed by atoms with van der Waals surface area (Å²) < 4.78 is 0. The summed E-state index contributed by atoms with van der Waals surface area (Å²) in [5, 5.41) is 30.8. The van der Waals surface area contributed by atoms with Crippen LogP contribution in [-0.4, -0.2) is 27.2 Å². The van der Waals surface area contributed by atoms with Gasteiger partial charge in [-0.25, -0.2) is 0 Å². The second-order valence-electron chi connectivity index (χ2n) is 5.13. The highest BCUT2D eigenvalue weighted by Gasteiger charge is 2.28. The zero-order chi connectivity index (χ0) is 13.7. The highest BCUT2D eigenvalue weighted by atomic mass is 16.4. The Bertz CT molecular complexity index is 703. The van der Waals surface area contributed by atoms with Gasteiger partial charge in [-0.15, -0.1) is 0 Å². The van der Waals surface area contributed by atoms with Crippen molar-refractivity contribution in [1.82, 2.24) is 0 Å². The number of fused-ring (bicyclic) bond motifs is 2. The molecule has 4 heteroatoms. The smallest absolute Gasteiger partial charge is 0.169 e. The molecule has 98 valence electrons. The number of rotatable bonds is 0. The van der Waals surface area contributed by atoms with E-state index in [1.165, 1.54) is 0 Å². The van der Waals surface area contributed by atoms with E-state index in [2.05, 4.69) is 0 Å². The number of carbonyl (C=O) groups is 1. The summed E-state index contributed by atoms with van der Waals surface area (Å²) in [7, 11) is 0. The number of Topliss-reactive ketones (excluding diaryl/α,β-unsaturated/α-hetero) is 1. The van der Waals surface area contributed by atoms with Crippen molar-refractivity contribution < 1.29 is 20.1 Å². The van der Waals surface area contributed by atoms with E-state index in [-0.39, 0.29) is 29.3 Å². The number of hydrogen-bond donors (Lipinski definition) is 3. The van der Waals surface area contributed by atoms with Crippen LogP contribution in [0, 0.1) is 6.92 Å². The van der Waals surface area contributed by atoms with Gasteiger partial charge in [0.15, 0.2) is 5.78 Å². The van der Waals surface area contributed by atoms with Crippen molar-refractivity contribution in [2.24, 2.45) is 0 Å². The Hall–Kier alpha value is -2.07. The molecule has 0 aromatic heterocycles. The molecule has 0 saturated carbocycles. The molecule has 1 unspecified atom stereocenters. The molecule has 2 aromatic rings. The van der Waals surface area contributed by atoms with Crippen LogP contribution in [0.4, 0.5) is 0 Å². The minimum atomic E-state index is -0.699. The summed E-state index contributed by atoms with van der Waals surface area (Å²) in [5.41, 5.74) is 1.74. The van der Waals surface area contributed by atoms with Gasteiger partial charge in [0.05, 0.1) is 17.1 Å². The zero-order valence-corrected chi connectivity index (χ0v) is 10.5. The highest BCUT2D eigenvalue weighted by molar-refractivity contribution is 6.08. The lowest BCUT2D eigenvalue weighted by atomic mass is 10.2. The van der Waals surface area contributed by atoms with Crippen LogP contribution in [-0.2, 0) is 6.42 Å². The largest absolute Gasteiger partial charge is 0.507 e. The van der Waals surface area contributed by atoms with Gasteiger partial charge in [0.1, 0.15) is 11.5 Å². The molecule has 0 amide bonds. The van der Waals surface area contributed by atoms with E-state index in [1.807, 2.05) is 13.0 Å². The predicted octanol–water partition coefficient (Wildman–Crippen LogP) is 2.05. The first-order chi connectivity index (χ1) is 8.97. The van der Waals surface area contributed by atoms with Crippen LogP contribution in [0.5, 0.6) is 11.5 Å². The monoisotopic (exact) mass is 266 g/mol. The van der Waals surface area contributed by atoms with Crippen molar-refractivity contribution in [3.63, 3.8) is 0 Å². The van der Waals surface area contributed by atoms with Crippen LogP contribution >= 0.6 is 0 Å². The number of ketones is 1. The fourth-order valence-corrected chi connectivity index (χ4v) is 2.82. The fourth-order valence-electron chi connectivity index (χ4n) is 2.82. The van der Waals surface area contributed by atoms with Crippen LogP contribution in [0.25, 0.3) is 10.8 Å². The Morgan fingerprint density at radius 1 is 1.16 bits per heavy atom. The van der Waals surface area contributed by atoms with E-state index in [0.717, 1.165) is 5.56 Å². The van der Waals surface area contributed by atoms with E-state index >= 15 is 0 Å². The Morgan fingerprint density at radius 2 is 1.89 bits per heavy atom. The molecule has 2 aromatic carbocycles. The fraction of sp³-hybridized carbons (Fsp3) is 0.267. The summed E-state index contributed by atoms with van der Waals surface area (Å²) in [6.07, 6.45) is -0.340. The van der Waals surface area contributed by atoms with Gasteiger partial charge in [0, 0.05) is 6.42 Å². The average molecular weight is 266 g/mol. The Labute approximate surface area is 109 Å². The van der Waals surface area contributed by atoms with E-state index in [9.17, 15) is 20.1 Å². The van der Waals surface area contributed by atoms with Gasteiger partial charge in [-0.3, -0.25) is 4.79 Å². The van der Waals surface area contributed by atoms with Gasteiger partial charge in [-0.1, -0.05) is 6.07 Å². The van der Waals surface area contributed by atoms with Crippen LogP contribution in [0.3, 0.4) is 0 Å². The van der Waals surface area contributed by atoms with Crippen molar-refractivity contribution in [2.45, 2.75) is 25.9 Å². The number of carbonyl (C=O) groups excluding carboxylic acids is 1. The molecule has 4 nitrogen and oxygen atoms in total. The molecule has 3 N–H and O–H groups in total. The number of aromatic hydroxyl groups is 2. The molecule has 0 bridgehead atoms. The lowest BCUT2D eigenvalue weighted by Gasteiger charge is -2.22. The molecule has 0 saturated heterocycles. The molecular weight excluding hydrogens is 252 g/mol. The lowest BCUT2D eigenvalue weighted by molar-refractivity contribution is 0.0850. The molecule has 0 heterocycles. The molecule has 1 aliphatic carbocycles. The summed E-state index contributed by atoms with van der Waals surface area (Å²) in [6.45, 7) is 1.84. The molecule has 0 spiro atoms. The predicted molar refractivity (Wildman–Crippen MR) is 70.7 cm³/mol. The number of benzene rings is 2. The van der Waals surface area contributed by atoms with Crippen molar-refractivity contribution in [1.29, 1.82) is 0 Å². The van der Waals surface area contributed by atoms with Gasteiger partial charge in [0.2, 0.25) is 0 Å². The number of aryl methyl sites for hydroxylation is 1. The second-order valence-corrected chi connectivity index (χ2v) is 5.13. The van der Waals surface area contributed by atoms with Gasteiger partial charge in [-0.2, -0.15) is 0 Å². The molecule has 0 radical (unpaired) electrons. The maximum Gasteiger partial charge on any atom is 0.169 e. The minimum absolute atomic E-state index is 0.0126. The Morgan fingerprint density at radius 3 is 2.63 bits per heavy atom. The maximum absolute atomic E-state index is 11.9. The summed E-state index contributed by atoms with van der Waals surface area (Å²) in [4.78, 5) is 11.9. The molecule has 1 atom stereocenters. The SMILES string of the molecule is [13CH3]c1cc2[13cH]c3c([13c](O)c2[13c](O)c1)[13C](=O)[13CH2][13CH](O)[13CH2]3. The van der Waals surface area contributed by atoms with Crippen LogP contribution in [0.15, 0.2) is 18.2 Å².